The second kappa shape index (κ2) is 13.5. The van der Waals surface area contributed by atoms with Crippen LogP contribution in [0.3, 0.4) is 0 Å². The van der Waals surface area contributed by atoms with E-state index in [2.05, 4.69) is 5.10 Å². The molecule has 12 nitrogen and oxygen atoms in total. The lowest BCUT2D eigenvalue weighted by atomic mass is 9.96. The SMILES string of the molecule is COc1cc(C)c(-c2nc3ccccc3c(=O)n2N=Cc2cc(OC)c(OCc3cccc(C(=O)O)c3)c([N+](=O)[O-])c2)cc1C(C)C. The number of fused-ring (bicyclic) bond motifs is 1. The molecule has 0 aliphatic rings. The Labute approximate surface area is 269 Å². The molecular formula is C35H32N4O8. The van der Waals surface area contributed by atoms with Crippen molar-refractivity contribution < 1.29 is 29.0 Å². The molecule has 0 saturated carbocycles. The van der Waals surface area contributed by atoms with E-state index in [-0.39, 0.29) is 41.0 Å². The van der Waals surface area contributed by atoms with Gasteiger partial charge in [0.1, 0.15) is 12.4 Å². The lowest BCUT2D eigenvalue weighted by molar-refractivity contribution is -0.386. The largest absolute Gasteiger partial charge is 0.496 e. The van der Waals surface area contributed by atoms with Gasteiger partial charge in [0.15, 0.2) is 11.6 Å². The number of carboxylic acid groups (broad SMARTS) is 1. The van der Waals surface area contributed by atoms with Crippen molar-refractivity contribution in [1.29, 1.82) is 0 Å². The van der Waals surface area contributed by atoms with Crippen LogP contribution in [0.1, 0.15) is 52.4 Å². The monoisotopic (exact) mass is 636 g/mol. The number of nitro benzene ring substituents is 1. The van der Waals surface area contributed by atoms with Crippen LogP contribution in [0.4, 0.5) is 5.69 Å². The van der Waals surface area contributed by atoms with Crippen molar-refractivity contribution in [3.05, 3.63) is 121 Å². The predicted octanol–water partition coefficient (Wildman–Crippen LogP) is 6.58. The summed E-state index contributed by atoms with van der Waals surface area (Å²) in [5.41, 5.74) is 2.89. The van der Waals surface area contributed by atoms with Crippen LogP contribution < -0.4 is 19.8 Å². The first-order valence-electron chi connectivity index (χ1n) is 14.6. The van der Waals surface area contributed by atoms with E-state index in [1.54, 1.807) is 43.5 Å². The van der Waals surface area contributed by atoms with Crippen molar-refractivity contribution in [3.63, 3.8) is 0 Å². The molecule has 0 atom stereocenters. The van der Waals surface area contributed by atoms with Gasteiger partial charge in [-0.15, -0.1) is 0 Å². The summed E-state index contributed by atoms with van der Waals surface area (Å²) < 4.78 is 18.0. The number of aromatic carboxylic acids is 1. The van der Waals surface area contributed by atoms with Gasteiger partial charge in [-0.25, -0.2) is 9.78 Å². The molecular weight excluding hydrogens is 604 g/mol. The summed E-state index contributed by atoms with van der Waals surface area (Å²) in [6.07, 6.45) is 1.32. The van der Waals surface area contributed by atoms with E-state index in [1.807, 2.05) is 32.9 Å². The highest BCUT2D eigenvalue weighted by atomic mass is 16.6. The fraction of sp³-hybridized carbons (Fsp3) is 0.200. The van der Waals surface area contributed by atoms with E-state index in [4.69, 9.17) is 19.2 Å². The lowest BCUT2D eigenvalue weighted by Crippen LogP contribution is -2.21. The number of ether oxygens (including phenoxy) is 3. The first-order valence-corrected chi connectivity index (χ1v) is 14.6. The van der Waals surface area contributed by atoms with E-state index < -0.39 is 22.1 Å². The molecule has 0 fully saturated rings. The molecule has 0 spiro atoms. The summed E-state index contributed by atoms with van der Waals surface area (Å²) in [7, 11) is 2.95. The number of hydrogen-bond acceptors (Lipinski definition) is 9. The van der Waals surface area contributed by atoms with Crippen molar-refractivity contribution in [3.8, 4) is 28.6 Å². The number of aromatic nitrogens is 2. The summed E-state index contributed by atoms with van der Waals surface area (Å²) in [4.78, 5) is 41.5. The van der Waals surface area contributed by atoms with Gasteiger partial charge in [-0.05, 0) is 72.0 Å². The van der Waals surface area contributed by atoms with Crippen molar-refractivity contribution >= 4 is 28.8 Å². The second-order valence-corrected chi connectivity index (χ2v) is 11.0. The molecule has 0 saturated heterocycles. The highest BCUT2D eigenvalue weighted by Gasteiger charge is 2.23. The number of hydrogen-bond donors (Lipinski definition) is 1. The molecule has 0 aliphatic carbocycles. The second-order valence-electron chi connectivity index (χ2n) is 11.0. The molecule has 1 N–H and O–H groups in total. The quantitative estimate of drug-likeness (QED) is 0.0961. The molecule has 4 aromatic carbocycles. The fourth-order valence-electron chi connectivity index (χ4n) is 5.16. The number of nitrogens with zero attached hydrogens (tertiary/aromatic N) is 4. The molecule has 5 aromatic rings. The highest BCUT2D eigenvalue weighted by molar-refractivity contribution is 5.88. The Morgan fingerprint density at radius 1 is 1.04 bits per heavy atom. The van der Waals surface area contributed by atoms with Crippen LogP contribution in [0.15, 0.2) is 82.7 Å². The third-order valence-electron chi connectivity index (χ3n) is 7.55. The number of benzene rings is 4. The third-order valence-corrected chi connectivity index (χ3v) is 7.55. The standard InChI is InChI=1S/C35H32N4O8/c1-20(2)26-17-27(21(3)13-30(26)45-4)33-37-28-12-7-6-11-25(28)34(40)38(33)36-18-23-15-29(39(43)44)32(31(16-23)46-5)47-19-22-9-8-10-24(14-22)35(41)42/h6-18,20H,19H2,1-5H3,(H,41,42). The van der Waals surface area contributed by atoms with E-state index in [0.717, 1.165) is 16.9 Å². The van der Waals surface area contributed by atoms with Crippen molar-refractivity contribution in [2.24, 2.45) is 5.10 Å². The number of carboxylic acids is 1. The van der Waals surface area contributed by atoms with Crippen LogP contribution >= 0.6 is 0 Å². The number of aryl methyl sites for hydroxylation is 1. The van der Waals surface area contributed by atoms with Crippen molar-refractivity contribution in [2.45, 2.75) is 33.3 Å². The molecule has 0 aliphatic heterocycles. The normalized spacial score (nSPS) is 11.3. The number of carbonyl (C=O) groups is 1. The van der Waals surface area contributed by atoms with Crippen LogP contribution in [0, 0.1) is 17.0 Å². The molecule has 1 heterocycles. The van der Waals surface area contributed by atoms with Gasteiger partial charge in [0, 0.05) is 17.2 Å². The molecule has 0 radical (unpaired) electrons. The molecule has 240 valence electrons. The fourth-order valence-corrected chi connectivity index (χ4v) is 5.16. The summed E-state index contributed by atoms with van der Waals surface area (Å²) in [6, 6.07) is 19.6. The summed E-state index contributed by atoms with van der Waals surface area (Å²) in [5.74, 6) is -0.0796. The number of rotatable bonds is 11. The van der Waals surface area contributed by atoms with Crippen molar-refractivity contribution in [2.75, 3.05) is 14.2 Å². The van der Waals surface area contributed by atoms with Gasteiger partial charge in [-0.3, -0.25) is 14.9 Å². The Morgan fingerprint density at radius 2 is 1.79 bits per heavy atom. The molecule has 1 aromatic heterocycles. The van der Waals surface area contributed by atoms with Crippen LogP contribution in [0.25, 0.3) is 22.3 Å². The Hall–Kier alpha value is -6.04. The molecule has 0 amide bonds. The molecule has 5 rings (SSSR count). The zero-order valence-electron chi connectivity index (χ0n) is 26.4. The van der Waals surface area contributed by atoms with E-state index in [1.165, 1.54) is 42.3 Å². The maximum Gasteiger partial charge on any atom is 0.335 e. The topological polar surface area (TPSA) is 155 Å². The number of nitro groups is 1. The average molecular weight is 637 g/mol. The van der Waals surface area contributed by atoms with Gasteiger partial charge in [0.2, 0.25) is 5.75 Å². The van der Waals surface area contributed by atoms with Crippen LogP contribution in [0.5, 0.6) is 17.2 Å². The minimum atomic E-state index is -1.11. The molecule has 0 unspecified atom stereocenters. The van der Waals surface area contributed by atoms with Gasteiger partial charge < -0.3 is 19.3 Å². The van der Waals surface area contributed by atoms with Crippen LogP contribution in [-0.4, -0.2) is 46.1 Å². The first-order chi connectivity index (χ1) is 22.5. The molecule has 47 heavy (non-hydrogen) atoms. The Kier molecular flexibility index (Phi) is 9.31. The smallest absolute Gasteiger partial charge is 0.335 e. The van der Waals surface area contributed by atoms with Gasteiger partial charge in [0.25, 0.3) is 5.56 Å². The maximum atomic E-state index is 13.8. The molecule has 12 heteroatoms. The Balaban J connectivity index is 1.61. The zero-order valence-corrected chi connectivity index (χ0v) is 26.4. The summed E-state index contributed by atoms with van der Waals surface area (Å²) >= 11 is 0. The van der Waals surface area contributed by atoms with Gasteiger partial charge >= 0.3 is 11.7 Å². The molecule has 0 bridgehead atoms. The lowest BCUT2D eigenvalue weighted by Gasteiger charge is -2.17. The Morgan fingerprint density at radius 3 is 2.47 bits per heavy atom. The average Bonchev–Trinajstić information content (AvgIpc) is 3.06. The van der Waals surface area contributed by atoms with E-state index in [9.17, 15) is 24.8 Å². The number of methoxy groups -OCH3 is 2. The van der Waals surface area contributed by atoms with E-state index >= 15 is 0 Å². The van der Waals surface area contributed by atoms with Gasteiger partial charge in [0.05, 0.1) is 41.8 Å². The van der Waals surface area contributed by atoms with Crippen LogP contribution in [0.2, 0.25) is 0 Å². The van der Waals surface area contributed by atoms with Gasteiger partial charge in [-0.2, -0.15) is 9.78 Å². The third kappa shape index (κ3) is 6.66. The van der Waals surface area contributed by atoms with E-state index in [0.29, 0.717) is 22.0 Å². The summed E-state index contributed by atoms with van der Waals surface area (Å²) in [6.45, 7) is 5.82. The minimum Gasteiger partial charge on any atom is -0.496 e. The minimum absolute atomic E-state index is 0.0480. The Bertz CT molecular complexity index is 2100. The summed E-state index contributed by atoms with van der Waals surface area (Å²) in [5, 5.41) is 26.3. The zero-order chi connectivity index (χ0) is 33.8. The van der Waals surface area contributed by atoms with Crippen LogP contribution in [-0.2, 0) is 6.61 Å². The predicted molar refractivity (Wildman–Crippen MR) is 177 cm³/mol. The maximum absolute atomic E-state index is 13.8. The van der Waals surface area contributed by atoms with Crippen molar-refractivity contribution in [1.82, 2.24) is 9.66 Å². The number of para-hydroxylation sites is 1. The first kappa shape index (κ1) is 32.4. The highest BCUT2D eigenvalue weighted by Crippen LogP contribution is 2.39. The van der Waals surface area contributed by atoms with Gasteiger partial charge in [-0.1, -0.05) is 38.1 Å².